The van der Waals surface area contributed by atoms with Crippen LogP contribution in [-0.2, 0) is 12.8 Å². The molecule has 1 rings (SSSR count). The molecule has 0 spiro atoms. The first-order valence-electron chi connectivity index (χ1n) is 3.58. The summed E-state index contributed by atoms with van der Waals surface area (Å²) in [6.07, 6.45) is -3.65. The molecule has 0 aromatic carbocycles. The normalized spacial score (nSPS) is 10.2. The Morgan fingerprint density at radius 2 is 1.93 bits per heavy atom. The summed E-state index contributed by atoms with van der Waals surface area (Å²) in [6.45, 7) is 1.14. The first kappa shape index (κ1) is 17.4. The smallest absolute Gasteiger partial charge is 0.390 e. The second kappa shape index (κ2) is 6.53. The van der Waals surface area contributed by atoms with Crippen LogP contribution in [0.3, 0.4) is 0 Å². The molecule has 2 nitrogen and oxygen atoms in total. The van der Waals surface area contributed by atoms with Gasteiger partial charge < -0.3 is 5.11 Å². The van der Waals surface area contributed by atoms with Gasteiger partial charge in [-0.05, 0) is 18.6 Å². The van der Waals surface area contributed by atoms with Crippen molar-refractivity contribution in [3.8, 4) is 0 Å². The van der Waals surface area contributed by atoms with E-state index in [4.69, 9.17) is 5.11 Å². The van der Waals surface area contributed by atoms with E-state index in [0.717, 1.165) is 12.3 Å². The number of halogens is 3. The van der Waals surface area contributed by atoms with Gasteiger partial charge in [-0.25, -0.2) is 0 Å². The topological polar surface area (TPSA) is 33.1 Å². The molecule has 80 valence electrons. The van der Waals surface area contributed by atoms with Crippen molar-refractivity contribution >= 4 is 8.41 Å². The summed E-state index contributed by atoms with van der Waals surface area (Å²) < 4.78 is 36.3. The molecule has 1 heterocycles. The molecule has 0 saturated heterocycles. The van der Waals surface area contributed by atoms with Crippen molar-refractivity contribution in [1.29, 1.82) is 0 Å². The summed E-state index contributed by atoms with van der Waals surface area (Å²) in [4.78, 5) is 3.49. The summed E-state index contributed by atoms with van der Waals surface area (Å²) in [7, 11) is 0. The predicted octanol–water partition coefficient (Wildman–Crippen LogP) is -2.55. The van der Waals surface area contributed by atoms with Crippen molar-refractivity contribution in [3.63, 3.8) is 0 Å². The van der Waals surface area contributed by atoms with Crippen LogP contribution in [0.15, 0.2) is 12.3 Å². The molecule has 0 atom stereocenters. The van der Waals surface area contributed by atoms with E-state index in [1.54, 1.807) is 0 Å². The first-order valence-corrected chi connectivity index (χ1v) is 3.58. The third-order valence-electron chi connectivity index (χ3n) is 1.66. The minimum Gasteiger partial charge on any atom is -0.390 e. The fraction of sp³-hybridized carbons (Fsp3) is 0.375. The molecule has 0 radical (unpaired) electrons. The van der Waals surface area contributed by atoms with Crippen LogP contribution < -0.4 is 29.6 Å². The van der Waals surface area contributed by atoms with Crippen molar-refractivity contribution in [3.05, 3.63) is 29.1 Å². The Kier molecular flexibility index (Phi) is 7.55. The van der Waals surface area contributed by atoms with Gasteiger partial charge in [0.05, 0.1) is 17.9 Å². The molecule has 15 heavy (non-hydrogen) atoms. The van der Waals surface area contributed by atoms with Gasteiger partial charge in [-0.15, -0.1) is 0 Å². The van der Waals surface area contributed by atoms with Gasteiger partial charge in [0.15, 0.2) is 0 Å². The van der Waals surface area contributed by atoms with Crippen molar-refractivity contribution < 1.29 is 47.8 Å². The number of alkyl halides is 3. The Balaban J connectivity index is 0. The summed E-state index contributed by atoms with van der Waals surface area (Å²) in [5.74, 6) is 0. The van der Waals surface area contributed by atoms with E-state index in [1.807, 2.05) is 0 Å². The number of hydrogen-bond donors (Lipinski definition) is 1. The van der Waals surface area contributed by atoms with Crippen molar-refractivity contribution in [1.82, 2.24) is 4.98 Å². The molecule has 0 aliphatic heterocycles. The van der Waals surface area contributed by atoms with Gasteiger partial charge in [-0.3, -0.25) is 4.98 Å². The van der Waals surface area contributed by atoms with Crippen LogP contribution in [0.25, 0.3) is 0 Å². The van der Waals surface area contributed by atoms with Gasteiger partial charge >= 0.3 is 35.7 Å². The van der Waals surface area contributed by atoms with E-state index >= 15 is 0 Å². The number of rotatable bonds is 1. The van der Waals surface area contributed by atoms with Gasteiger partial charge in [0.25, 0.3) is 0 Å². The maximum absolute atomic E-state index is 12.1. The third kappa shape index (κ3) is 4.55. The van der Waals surface area contributed by atoms with E-state index in [1.165, 1.54) is 6.92 Å². The number of pyridine rings is 1. The molecule has 1 aromatic heterocycles. The van der Waals surface area contributed by atoms with E-state index < -0.39 is 11.7 Å². The van der Waals surface area contributed by atoms with Gasteiger partial charge in [0.1, 0.15) is 0 Å². The summed E-state index contributed by atoms with van der Waals surface area (Å²) in [6, 6.07) is 0.971. The SMILES string of the molecule is Cc1cc(C(F)(F)F)cnc1CO.[BH4-].[Na+]. The maximum atomic E-state index is 12.1. The van der Waals surface area contributed by atoms with E-state index in [-0.39, 0.29) is 50.3 Å². The number of aliphatic hydroxyl groups excluding tert-OH is 1. The average molecular weight is 229 g/mol. The Morgan fingerprint density at radius 1 is 1.40 bits per heavy atom. The molecule has 1 aromatic rings. The quantitative estimate of drug-likeness (QED) is 0.538. The molecular formula is C8H12BF3NNaO. The van der Waals surface area contributed by atoms with Gasteiger partial charge in [0, 0.05) is 6.20 Å². The standard InChI is InChI=1S/C8H8F3NO.BH4.Na/c1-5-2-6(8(9,10)11)3-12-7(5)4-13;;/h2-3,13H,4H2,1H3;1H4;/q;-1;+1. The number of aromatic nitrogens is 1. The largest absolute Gasteiger partial charge is 1.00 e. The first-order chi connectivity index (χ1) is 5.95. The average Bonchev–Trinajstić information content (AvgIpc) is 2.02. The summed E-state index contributed by atoms with van der Waals surface area (Å²) in [5, 5.41) is 8.67. The third-order valence-corrected chi connectivity index (χ3v) is 1.66. The molecule has 0 unspecified atom stereocenters. The van der Waals surface area contributed by atoms with Crippen LogP contribution in [0.4, 0.5) is 13.2 Å². The number of aliphatic hydroxyl groups is 1. The van der Waals surface area contributed by atoms with Crippen LogP contribution in [0.1, 0.15) is 16.8 Å². The fourth-order valence-electron chi connectivity index (χ4n) is 0.924. The minimum absolute atomic E-state index is 0. The summed E-state index contributed by atoms with van der Waals surface area (Å²) in [5.41, 5.74) is -0.174. The molecule has 0 aliphatic rings. The second-order valence-electron chi connectivity index (χ2n) is 2.64. The Hall–Kier alpha value is -0.0351. The van der Waals surface area contributed by atoms with E-state index in [9.17, 15) is 13.2 Å². The fourth-order valence-corrected chi connectivity index (χ4v) is 0.924. The molecular weight excluding hydrogens is 217 g/mol. The molecule has 7 heteroatoms. The minimum atomic E-state index is -4.37. The van der Waals surface area contributed by atoms with Crippen molar-refractivity contribution in [2.75, 3.05) is 0 Å². The Morgan fingerprint density at radius 3 is 2.27 bits per heavy atom. The molecule has 0 fully saturated rings. The molecule has 0 bridgehead atoms. The van der Waals surface area contributed by atoms with Gasteiger partial charge in [-0.2, -0.15) is 13.2 Å². The molecule has 0 saturated carbocycles. The Bertz CT molecular complexity index is 319. The molecule has 1 N–H and O–H groups in total. The van der Waals surface area contributed by atoms with E-state index in [0.29, 0.717) is 5.56 Å². The monoisotopic (exact) mass is 229 g/mol. The van der Waals surface area contributed by atoms with Crippen molar-refractivity contribution in [2.45, 2.75) is 19.7 Å². The zero-order chi connectivity index (χ0) is 10.1. The zero-order valence-electron chi connectivity index (χ0n) is 7.89. The zero-order valence-corrected chi connectivity index (χ0v) is 9.89. The van der Waals surface area contributed by atoms with Crippen LogP contribution in [0.5, 0.6) is 0 Å². The number of hydrogen-bond acceptors (Lipinski definition) is 2. The van der Waals surface area contributed by atoms with Gasteiger partial charge in [-0.1, -0.05) is 8.41 Å². The van der Waals surface area contributed by atoms with Crippen LogP contribution in [0, 0.1) is 6.92 Å². The van der Waals surface area contributed by atoms with Crippen LogP contribution in [-0.4, -0.2) is 18.5 Å². The Labute approximate surface area is 110 Å². The molecule has 0 amide bonds. The van der Waals surface area contributed by atoms with Crippen LogP contribution >= 0.6 is 0 Å². The summed E-state index contributed by atoms with van der Waals surface area (Å²) >= 11 is 0. The number of aryl methyl sites for hydroxylation is 1. The maximum Gasteiger partial charge on any atom is 1.00 e. The molecule has 0 aliphatic carbocycles. The van der Waals surface area contributed by atoms with Crippen LogP contribution in [0.2, 0.25) is 0 Å². The van der Waals surface area contributed by atoms with Crippen molar-refractivity contribution in [2.24, 2.45) is 0 Å². The second-order valence-corrected chi connectivity index (χ2v) is 2.64. The van der Waals surface area contributed by atoms with E-state index in [2.05, 4.69) is 4.98 Å². The predicted molar refractivity (Wildman–Crippen MR) is 51.2 cm³/mol. The van der Waals surface area contributed by atoms with Gasteiger partial charge in [0.2, 0.25) is 0 Å². The number of nitrogens with zero attached hydrogens (tertiary/aromatic N) is 1.